The lowest BCUT2D eigenvalue weighted by Gasteiger charge is -2.42. The maximum Gasteiger partial charge on any atom is 0.0478 e. The van der Waals surface area contributed by atoms with E-state index >= 15 is 0 Å². The highest BCUT2D eigenvalue weighted by atomic mass is 16.5. The van der Waals surface area contributed by atoms with Crippen LogP contribution in [0.3, 0.4) is 0 Å². The highest BCUT2D eigenvalue weighted by Gasteiger charge is 2.33. The normalized spacial score (nSPS) is 29.7. The number of nitrogens with zero attached hydrogens (tertiary/aromatic N) is 2. The van der Waals surface area contributed by atoms with Crippen LogP contribution in [-0.2, 0) is 4.74 Å². The molecule has 2 rings (SSSR count). The summed E-state index contributed by atoms with van der Waals surface area (Å²) in [6.07, 6.45) is 6.46. The summed E-state index contributed by atoms with van der Waals surface area (Å²) in [5.41, 5.74) is 0. The molecule has 0 aromatic heterocycles. The second-order valence-electron chi connectivity index (χ2n) is 5.95. The van der Waals surface area contributed by atoms with Crippen LogP contribution < -0.4 is 0 Å². The predicted octanol–water partition coefficient (Wildman–Crippen LogP) is 2.36. The van der Waals surface area contributed by atoms with Crippen molar-refractivity contribution in [1.29, 1.82) is 0 Å². The fourth-order valence-corrected chi connectivity index (χ4v) is 3.28. The van der Waals surface area contributed by atoms with E-state index in [0.29, 0.717) is 0 Å². The highest BCUT2D eigenvalue weighted by molar-refractivity contribution is 4.90. The highest BCUT2D eigenvalue weighted by Crippen LogP contribution is 2.24. The Labute approximate surface area is 112 Å². The van der Waals surface area contributed by atoms with Gasteiger partial charge in [0.2, 0.25) is 0 Å². The van der Waals surface area contributed by atoms with E-state index in [1.165, 1.54) is 58.3 Å². The number of ether oxygens (including phenoxy) is 1. The van der Waals surface area contributed by atoms with E-state index in [4.69, 9.17) is 4.74 Å². The molecule has 0 N–H and O–H groups in total. The summed E-state index contributed by atoms with van der Waals surface area (Å²) in [5, 5.41) is 0. The van der Waals surface area contributed by atoms with E-state index < -0.39 is 0 Å². The molecule has 0 radical (unpaired) electrons. The largest absolute Gasteiger partial charge is 0.381 e. The molecule has 2 saturated heterocycles. The smallest absolute Gasteiger partial charge is 0.0478 e. The minimum absolute atomic E-state index is 0.731. The Morgan fingerprint density at radius 2 is 2.00 bits per heavy atom. The van der Waals surface area contributed by atoms with Crippen molar-refractivity contribution in [3.8, 4) is 0 Å². The van der Waals surface area contributed by atoms with Crippen LogP contribution in [0.5, 0.6) is 0 Å². The van der Waals surface area contributed by atoms with Gasteiger partial charge in [-0.25, -0.2) is 0 Å². The van der Waals surface area contributed by atoms with E-state index in [0.717, 1.165) is 25.3 Å². The van der Waals surface area contributed by atoms with Gasteiger partial charge in [-0.2, -0.15) is 0 Å². The van der Waals surface area contributed by atoms with Crippen molar-refractivity contribution in [3.05, 3.63) is 0 Å². The quantitative estimate of drug-likeness (QED) is 0.649. The molecular formula is C15H30N2O. The van der Waals surface area contributed by atoms with Gasteiger partial charge in [0.25, 0.3) is 0 Å². The first-order valence-electron chi connectivity index (χ1n) is 7.87. The first-order valence-corrected chi connectivity index (χ1v) is 7.87. The van der Waals surface area contributed by atoms with Gasteiger partial charge in [0, 0.05) is 44.9 Å². The molecule has 0 aromatic rings. The first kappa shape index (κ1) is 14.3. The summed E-state index contributed by atoms with van der Waals surface area (Å²) < 4.78 is 5.65. The third-order valence-electron chi connectivity index (χ3n) is 4.44. The summed E-state index contributed by atoms with van der Waals surface area (Å²) in [6, 6.07) is 1.58. The van der Waals surface area contributed by atoms with Gasteiger partial charge < -0.3 is 4.74 Å². The molecule has 3 nitrogen and oxygen atoms in total. The molecule has 0 aromatic carbocycles. The molecule has 2 heterocycles. The molecule has 0 bridgehead atoms. The second-order valence-corrected chi connectivity index (χ2v) is 5.95. The molecule has 18 heavy (non-hydrogen) atoms. The number of unbranched alkanes of at least 4 members (excludes halogenated alkanes) is 1. The van der Waals surface area contributed by atoms with Crippen LogP contribution in [0.25, 0.3) is 0 Å². The second kappa shape index (κ2) is 7.46. The van der Waals surface area contributed by atoms with Crippen LogP contribution in [-0.4, -0.2) is 61.3 Å². The fraction of sp³-hybridized carbons (Fsp3) is 1.00. The van der Waals surface area contributed by atoms with Crippen molar-refractivity contribution < 1.29 is 4.74 Å². The van der Waals surface area contributed by atoms with E-state index in [1.54, 1.807) is 0 Å². The molecule has 106 valence electrons. The standard InChI is InChI=1S/C15H30N2O/c1-3-4-10-18-11-6-9-16-13-15-7-5-8-17(15)12-14(16)2/h14-15H,3-13H2,1-2H3. The van der Waals surface area contributed by atoms with Crippen LogP contribution in [0.4, 0.5) is 0 Å². The van der Waals surface area contributed by atoms with Crippen molar-refractivity contribution in [2.45, 2.75) is 58.0 Å². The van der Waals surface area contributed by atoms with Gasteiger partial charge in [0.15, 0.2) is 0 Å². The number of piperazine rings is 1. The molecule has 2 atom stereocenters. The Morgan fingerprint density at radius 3 is 2.83 bits per heavy atom. The lowest BCUT2D eigenvalue weighted by molar-refractivity contribution is 0.0482. The molecule has 2 fully saturated rings. The zero-order chi connectivity index (χ0) is 12.8. The zero-order valence-corrected chi connectivity index (χ0v) is 12.2. The molecule has 0 amide bonds. The Bertz CT molecular complexity index is 235. The van der Waals surface area contributed by atoms with Crippen LogP contribution in [0.1, 0.15) is 46.0 Å². The average Bonchev–Trinajstić information content (AvgIpc) is 2.80. The minimum atomic E-state index is 0.731. The summed E-state index contributed by atoms with van der Waals surface area (Å²) in [5.74, 6) is 0. The topological polar surface area (TPSA) is 15.7 Å². The zero-order valence-electron chi connectivity index (χ0n) is 12.2. The summed E-state index contributed by atoms with van der Waals surface area (Å²) >= 11 is 0. The van der Waals surface area contributed by atoms with Crippen molar-refractivity contribution >= 4 is 0 Å². The predicted molar refractivity (Wildman–Crippen MR) is 76.0 cm³/mol. The molecule has 2 unspecified atom stereocenters. The Kier molecular flexibility index (Phi) is 5.93. The van der Waals surface area contributed by atoms with Gasteiger partial charge in [-0.05, 0) is 39.2 Å². The molecule has 2 aliphatic heterocycles. The number of rotatable bonds is 7. The van der Waals surface area contributed by atoms with Crippen molar-refractivity contribution in [2.75, 3.05) is 39.4 Å². The van der Waals surface area contributed by atoms with Crippen LogP contribution in [0, 0.1) is 0 Å². The average molecular weight is 254 g/mol. The maximum atomic E-state index is 5.65. The summed E-state index contributed by atoms with van der Waals surface area (Å²) in [6.45, 7) is 11.6. The van der Waals surface area contributed by atoms with Crippen LogP contribution in [0.15, 0.2) is 0 Å². The molecular weight excluding hydrogens is 224 g/mol. The third kappa shape index (κ3) is 3.94. The SMILES string of the molecule is CCCCOCCCN1CC2CCCN2CC1C. The van der Waals surface area contributed by atoms with Gasteiger partial charge >= 0.3 is 0 Å². The monoisotopic (exact) mass is 254 g/mol. The van der Waals surface area contributed by atoms with Gasteiger partial charge in [-0.1, -0.05) is 13.3 Å². The lowest BCUT2D eigenvalue weighted by atomic mass is 10.1. The lowest BCUT2D eigenvalue weighted by Crippen LogP contribution is -2.55. The van der Waals surface area contributed by atoms with E-state index in [1.807, 2.05) is 0 Å². The molecule has 0 aliphatic carbocycles. The first-order chi connectivity index (χ1) is 8.81. The van der Waals surface area contributed by atoms with E-state index in [9.17, 15) is 0 Å². The van der Waals surface area contributed by atoms with Crippen molar-refractivity contribution in [1.82, 2.24) is 9.80 Å². The molecule has 0 spiro atoms. The van der Waals surface area contributed by atoms with Crippen LogP contribution >= 0.6 is 0 Å². The number of hydrogen-bond acceptors (Lipinski definition) is 3. The molecule has 2 aliphatic rings. The Balaban J connectivity index is 1.60. The van der Waals surface area contributed by atoms with Gasteiger partial charge in [0.05, 0.1) is 0 Å². The molecule has 0 saturated carbocycles. The van der Waals surface area contributed by atoms with Crippen molar-refractivity contribution in [3.63, 3.8) is 0 Å². The van der Waals surface area contributed by atoms with E-state index in [-0.39, 0.29) is 0 Å². The fourth-order valence-electron chi connectivity index (χ4n) is 3.28. The maximum absolute atomic E-state index is 5.65. The summed E-state index contributed by atoms with van der Waals surface area (Å²) in [7, 11) is 0. The van der Waals surface area contributed by atoms with Crippen molar-refractivity contribution in [2.24, 2.45) is 0 Å². The Morgan fingerprint density at radius 1 is 1.17 bits per heavy atom. The van der Waals surface area contributed by atoms with E-state index in [2.05, 4.69) is 23.6 Å². The Hall–Kier alpha value is -0.120. The molecule has 3 heteroatoms. The van der Waals surface area contributed by atoms with Crippen LogP contribution in [0.2, 0.25) is 0 Å². The minimum Gasteiger partial charge on any atom is -0.381 e. The number of fused-ring (bicyclic) bond motifs is 1. The van der Waals surface area contributed by atoms with Gasteiger partial charge in [0.1, 0.15) is 0 Å². The summed E-state index contributed by atoms with van der Waals surface area (Å²) in [4.78, 5) is 5.37. The van der Waals surface area contributed by atoms with Gasteiger partial charge in [-0.3, -0.25) is 9.80 Å². The van der Waals surface area contributed by atoms with Gasteiger partial charge in [-0.15, -0.1) is 0 Å². The third-order valence-corrected chi connectivity index (χ3v) is 4.44. The number of hydrogen-bond donors (Lipinski definition) is 0.